The van der Waals surface area contributed by atoms with Crippen LogP contribution in [0.15, 0.2) is 34.9 Å². The van der Waals surface area contributed by atoms with E-state index in [1.165, 1.54) is 12.1 Å². The van der Waals surface area contributed by atoms with Crippen LogP contribution in [0.3, 0.4) is 0 Å². The van der Waals surface area contributed by atoms with Crippen molar-refractivity contribution in [3.05, 3.63) is 47.7 Å². The number of nitrogens with two attached hydrogens (primary N) is 1. The van der Waals surface area contributed by atoms with Gasteiger partial charge in [0.2, 0.25) is 11.8 Å². The van der Waals surface area contributed by atoms with Gasteiger partial charge in [-0.25, -0.2) is 4.98 Å². The van der Waals surface area contributed by atoms with Gasteiger partial charge in [0.25, 0.3) is 5.91 Å². The maximum Gasteiger partial charge on any atom is 0.416 e. The van der Waals surface area contributed by atoms with E-state index in [-0.39, 0.29) is 23.9 Å². The van der Waals surface area contributed by atoms with Crippen LogP contribution in [-0.2, 0) is 17.6 Å². The highest BCUT2D eigenvalue weighted by molar-refractivity contribution is 5.97. The van der Waals surface area contributed by atoms with Crippen molar-refractivity contribution in [2.45, 2.75) is 44.0 Å². The zero-order valence-electron chi connectivity index (χ0n) is 14.7. The molecule has 0 radical (unpaired) electrons. The van der Waals surface area contributed by atoms with Crippen molar-refractivity contribution in [3.63, 3.8) is 0 Å². The number of aromatic nitrogens is 1. The van der Waals surface area contributed by atoms with Gasteiger partial charge in [-0.1, -0.05) is 18.9 Å². The minimum Gasteiger partial charge on any atom is -0.484 e. The summed E-state index contributed by atoms with van der Waals surface area (Å²) in [5.74, 6) is -1.23. The number of hydrogen-bond donors (Lipinski definition) is 2. The smallest absolute Gasteiger partial charge is 0.416 e. The van der Waals surface area contributed by atoms with Crippen LogP contribution in [0.5, 0.6) is 5.75 Å². The Morgan fingerprint density at radius 1 is 1.29 bits per heavy atom. The Bertz CT molecular complexity index is 873. The van der Waals surface area contributed by atoms with Crippen LogP contribution in [-0.4, -0.2) is 22.3 Å². The lowest BCUT2D eigenvalue weighted by Crippen LogP contribution is -2.55. The first-order valence-electron chi connectivity index (χ1n) is 8.56. The number of hydrogen-bond acceptors (Lipinski definition) is 5. The van der Waals surface area contributed by atoms with Crippen LogP contribution in [0.25, 0.3) is 0 Å². The van der Waals surface area contributed by atoms with Gasteiger partial charge >= 0.3 is 6.18 Å². The minimum atomic E-state index is -4.48. The summed E-state index contributed by atoms with van der Waals surface area (Å²) in [5, 5.41) is 2.62. The average molecular weight is 397 g/mol. The van der Waals surface area contributed by atoms with Crippen LogP contribution in [0, 0.1) is 0 Å². The lowest BCUT2D eigenvalue weighted by Gasteiger charge is -2.25. The SMILES string of the molecule is NC(=O)C1(NC(=O)c2coc(COc3cccc(C(F)(F)F)c3)n2)CCCC1. The number of carbonyl (C=O) groups excluding carboxylic acids is 2. The van der Waals surface area contributed by atoms with Gasteiger partial charge in [-0.3, -0.25) is 9.59 Å². The molecule has 0 saturated heterocycles. The number of primary amides is 1. The van der Waals surface area contributed by atoms with Crippen LogP contribution in [0.4, 0.5) is 13.2 Å². The highest BCUT2D eigenvalue weighted by Crippen LogP contribution is 2.32. The summed E-state index contributed by atoms with van der Waals surface area (Å²) in [6.07, 6.45) is -0.931. The molecule has 3 rings (SSSR count). The van der Waals surface area contributed by atoms with E-state index < -0.39 is 29.1 Å². The predicted molar refractivity (Wildman–Crippen MR) is 90.1 cm³/mol. The van der Waals surface area contributed by atoms with E-state index in [0.717, 1.165) is 31.2 Å². The molecule has 1 aliphatic carbocycles. The van der Waals surface area contributed by atoms with E-state index in [2.05, 4.69) is 10.3 Å². The van der Waals surface area contributed by atoms with Crippen molar-refractivity contribution >= 4 is 11.8 Å². The molecular weight excluding hydrogens is 379 g/mol. The van der Waals surface area contributed by atoms with E-state index in [0.29, 0.717) is 12.8 Å². The van der Waals surface area contributed by atoms with Crippen molar-refractivity contribution in [2.24, 2.45) is 5.73 Å². The van der Waals surface area contributed by atoms with E-state index in [9.17, 15) is 22.8 Å². The fourth-order valence-corrected chi connectivity index (χ4v) is 3.08. The fourth-order valence-electron chi connectivity index (χ4n) is 3.08. The number of rotatable bonds is 6. The van der Waals surface area contributed by atoms with Gasteiger partial charge < -0.3 is 20.2 Å². The lowest BCUT2D eigenvalue weighted by molar-refractivity contribution is -0.137. The molecule has 2 aromatic rings. The number of nitrogens with one attached hydrogen (secondary N) is 1. The van der Waals surface area contributed by atoms with Gasteiger partial charge in [0, 0.05) is 0 Å². The van der Waals surface area contributed by atoms with Gasteiger partial charge in [0.05, 0.1) is 5.56 Å². The molecule has 3 N–H and O–H groups in total. The topological polar surface area (TPSA) is 107 Å². The standard InChI is InChI=1S/C18H18F3N3O4/c19-18(20,21)11-4-3-5-12(8-11)27-10-14-23-13(9-28-14)15(25)24-17(16(22)26)6-1-2-7-17/h3-5,8-9H,1-2,6-7,10H2,(H2,22,26)(H,24,25). The third kappa shape index (κ3) is 4.26. The highest BCUT2D eigenvalue weighted by Gasteiger charge is 2.41. The lowest BCUT2D eigenvalue weighted by atomic mass is 9.96. The number of halogens is 3. The van der Waals surface area contributed by atoms with Crippen molar-refractivity contribution in [2.75, 3.05) is 0 Å². The maximum atomic E-state index is 12.7. The summed E-state index contributed by atoms with van der Waals surface area (Å²) in [6.45, 7) is -0.268. The number of benzene rings is 1. The van der Waals surface area contributed by atoms with Crippen molar-refractivity contribution in [1.29, 1.82) is 0 Å². The molecule has 0 spiro atoms. The number of amides is 2. The Morgan fingerprint density at radius 3 is 2.64 bits per heavy atom. The summed E-state index contributed by atoms with van der Waals surface area (Å²) < 4.78 is 48.5. The first kappa shape index (κ1) is 19.7. The molecule has 0 bridgehead atoms. The first-order chi connectivity index (χ1) is 13.2. The second-order valence-electron chi connectivity index (χ2n) is 6.55. The summed E-state index contributed by atoms with van der Waals surface area (Å²) in [7, 11) is 0. The number of alkyl halides is 3. The van der Waals surface area contributed by atoms with Gasteiger partial charge in [0.1, 0.15) is 17.6 Å². The van der Waals surface area contributed by atoms with Gasteiger partial charge in [0.15, 0.2) is 12.3 Å². The van der Waals surface area contributed by atoms with Crippen LogP contribution < -0.4 is 15.8 Å². The Morgan fingerprint density at radius 2 is 2.00 bits per heavy atom. The second-order valence-corrected chi connectivity index (χ2v) is 6.55. The Balaban J connectivity index is 1.63. The minimum absolute atomic E-state index is 0.00195. The van der Waals surface area contributed by atoms with Crippen molar-refractivity contribution < 1.29 is 31.9 Å². The summed E-state index contributed by atoms with van der Waals surface area (Å²) in [5.41, 5.74) is 3.41. The maximum absolute atomic E-state index is 12.7. The van der Waals surface area contributed by atoms with E-state index >= 15 is 0 Å². The first-order valence-corrected chi connectivity index (χ1v) is 8.56. The summed E-state index contributed by atoms with van der Waals surface area (Å²) in [6, 6.07) is 4.37. The second kappa shape index (κ2) is 7.53. The Kier molecular flexibility index (Phi) is 5.30. The van der Waals surface area contributed by atoms with Gasteiger partial charge in [-0.15, -0.1) is 0 Å². The zero-order valence-corrected chi connectivity index (χ0v) is 14.7. The summed E-state index contributed by atoms with van der Waals surface area (Å²) >= 11 is 0. The number of nitrogens with zero attached hydrogens (tertiary/aromatic N) is 1. The molecule has 0 aliphatic heterocycles. The molecule has 1 heterocycles. The fraction of sp³-hybridized carbons (Fsp3) is 0.389. The molecule has 7 nitrogen and oxygen atoms in total. The molecule has 1 saturated carbocycles. The predicted octanol–water partition coefficient (Wildman–Crippen LogP) is 2.80. The van der Waals surface area contributed by atoms with Crippen LogP contribution >= 0.6 is 0 Å². The highest BCUT2D eigenvalue weighted by atomic mass is 19.4. The largest absolute Gasteiger partial charge is 0.484 e. The Labute approximate surface area is 158 Å². The van der Waals surface area contributed by atoms with Crippen LogP contribution in [0.2, 0.25) is 0 Å². The van der Waals surface area contributed by atoms with Crippen molar-refractivity contribution in [1.82, 2.24) is 10.3 Å². The Hall–Kier alpha value is -3.04. The monoisotopic (exact) mass is 397 g/mol. The number of carbonyl (C=O) groups is 2. The van der Waals surface area contributed by atoms with E-state index in [1.54, 1.807) is 0 Å². The molecule has 2 amide bonds. The van der Waals surface area contributed by atoms with Gasteiger partial charge in [-0.2, -0.15) is 13.2 Å². The molecule has 10 heteroatoms. The van der Waals surface area contributed by atoms with E-state index in [4.69, 9.17) is 14.9 Å². The quantitative estimate of drug-likeness (QED) is 0.779. The number of oxazole rings is 1. The molecule has 1 aromatic carbocycles. The molecule has 1 aliphatic rings. The molecule has 0 atom stereocenters. The summed E-state index contributed by atoms with van der Waals surface area (Å²) in [4.78, 5) is 28.0. The normalized spacial score (nSPS) is 16.0. The van der Waals surface area contributed by atoms with E-state index in [1.807, 2.05) is 0 Å². The number of ether oxygens (including phenoxy) is 1. The zero-order chi connectivity index (χ0) is 20.4. The molecule has 1 aromatic heterocycles. The molecule has 1 fully saturated rings. The molecule has 28 heavy (non-hydrogen) atoms. The average Bonchev–Trinajstić information content (AvgIpc) is 3.30. The third-order valence-corrected chi connectivity index (χ3v) is 4.59. The molecular formula is C18H18F3N3O4. The third-order valence-electron chi connectivity index (χ3n) is 4.59. The molecule has 0 unspecified atom stereocenters. The molecule has 150 valence electrons. The van der Waals surface area contributed by atoms with Crippen LogP contribution in [0.1, 0.15) is 47.6 Å². The van der Waals surface area contributed by atoms with Gasteiger partial charge in [-0.05, 0) is 31.0 Å². The van der Waals surface area contributed by atoms with Crippen molar-refractivity contribution in [3.8, 4) is 5.75 Å².